The first-order valence-corrected chi connectivity index (χ1v) is 7.81. The number of anilines is 1. The number of hydrogen-bond acceptors (Lipinski definition) is 6. The third-order valence-electron chi connectivity index (χ3n) is 3.84. The molecule has 2 heterocycles. The van der Waals surface area contributed by atoms with Gasteiger partial charge in [-0.1, -0.05) is 12.1 Å². The van der Waals surface area contributed by atoms with Crippen LogP contribution in [-0.4, -0.2) is 54.0 Å². The summed E-state index contributed by atoms with van der Waals surface area (Å²) >= 11 is 0. The number of imide groups is 1. The van der Waals surface area contributed by atoms with Crippen molar-refractivity contribution >= 4 is 29.5 Å². The predicted molar refractivity (Wildman–Crippen MR) is 84.8 cm³/mol. The number of hydrogen-bond donors (Lipinski definition) is 2. The minimum absolute atomic E-state index is 0.227. The first-order chi connectivity index (χ1) is 12.0. The van der Waals surface area contributed by atoms with E-state index in [2.05, 4.69) is 10.6 Å². The van der Waals surface area contributed by atoms with Crippen LogP contribution in [0.2, 0.25) is 0 Å². The third-order valence-corrected chi connectivity index (χ3v) is 3.84. The minimum atomic E-state index is -1.13. The van der Waals surface area contributed by atoms with Crippen LogP contribution in [0.25, 0.3) is 0 Å². The fourth-order valence-corrected chi connectivity index (χ4v) is 2.58. The summed E-state index contributed by atoms with van der Waals surface area (Å²) in [6, 6.07) is 6.33. The number of nitrogens with zero attached hydrogens (tertiary/aromatic N) is 1. The molecule has 3 rings (SSSR count). The number of para-hydroxylation sites is 2. The van der Waals surface area contributed by atoms with Crippen molar-refractivity contribution in [1.29, 1.82) is 0 Å². The van der Waals surface area contributed by atoms with Gasteiger partial charge in [0.05, 0.1) is 12.1 Å². The molecule has 0 radical (unpaired) electrons. The van der Waals surface area contributed by atoms with Crippen molar-refractivity contribution in [2.75, 3.05) is 18.4 Å². The Balaban J connectivity index is 1.56. The van der Waals surface area contributed by atoms with Gasteiger partial charge in [-0.25, -0.2) is 4.79 Å². The highest BCUT2D eigenvalue weighted by Gasteiger charge is 2.34. The second-order valence-electron chi connectivity index (χ2n) is 5.65. The molecule has 0 aromatic heterocycles. The maximum absolute atomic E-state index is 12.1. The van der Waals surface area contributed by atoms with Crippen LogP contribution in [0.5, 0.6) is 5.75 Å². The fraction of sp³-hybridized carbons (Fsp3) is 0.375. The monoisotopic (exact) mass is 347 g/mol. The molecule has 2 atom stereocenters. The van der Waals surface area contributed by atoms with E-state index < -0.39 is 36.0 Å². The number of fused-ring (bicyclic) bond motifs is 1. The van der Waals surface area contributed by atoms with Gasteiger partial charge in [0, 0.05) is 13.1 Å². The SMILES string of the molecule is C[C@@H](OC(=O)C[C@H]1Oc2ccccc2NC1=O)C(=O)N1CCNC1=O. The zero-order valence-corrected chi connectivity index (χ0v) is 13.5. The fourth-order valence-electron chi connectivity index (χ4n) is 2.58. The molecule has 0 unspecified atom stereocenters. The Morgan fingerprint density at radius 3 is 2.84 bits per heavy atom. The van der Waals surface area contributed by atoms with Crippen LogP contribution in [0.4, 0.5) is 10.5 Å². The summed E-state index contributed by atoms with van der Waals surface area (Å²) in [7, 11) is 0. The quantitative estimate of drug-likeness (QED) is 0.755. The van der Waals surface area contributed by atoms with Gasteiger partial charge in [-0.05, 0) is 19.1 Å². The molecule has 1 aromatic carbocycles. The summed E-state index contributed by atoms with van der Waals surface area (Å²) in [5.41, 5.74) is 0.528. The Labute approximate surface area is 143 Å². The number of amides is 4. The molecule has 9 heteroatoms. The summed E-state index contributed by atoms with van der Waals surface area (Å²) in [5.74, 6) is -1.38. The Morgan fingerprint density at radius 1 is 1.36 bits per heavy atom. The third kappa shape index (κ3) is 3.54. The second-order valence-corrected chi connectivity index (χ2v) is 5.65. The molecule has 2 N–H and O–H groups in total. The summed E-state index contributed by atoms with van der Waals surface area (Å²) in [4.78, 5) is 48.6. The maximum Gasteiger partial charge on any atom is 0.324 e. The normalized spacial score (nSPS) is 20.0. The van der Waals surface area contributed by atoms with Crippen molar-refractivity contribution in [3.05, 3.63) is 24.3 Å². The highest BCUT2D eigenvalue weighted by atomic mass is 16.6. The van der Waals surface area contributed by atoms with Crippen molar-refractivity contribution in [3.8, 4) is 5.75 Å². The second kappa shape index (κ2) is 6.80. The molecule has 132 valence electrons. The van der Waals surface area contributed by atoms with Crippen LogP contribution in [0.15, 0.2) is 24.3 Å². The van der Waals surface area contributed by atoms with Gasteiger partial charge in [-0.15, -0.1) is 0 Å². The number of benzene rings is 1. The molecule has 1 aromatic rings. The van der Waals surface area contributed by atoms with Gasteiger partial charge in [-0.3, -0.25) is 19.3 Å². The average molecular weight is 347 g/mol. The lowest BCUT2D eigenvalue weighted by Gasteiger charge is -2.25. The van der Waals surface area contributed by atoms with E-state index in [1.807, 2.05) is 0 Å². The zero-order chi connectivity index (χ0) is 18.0. The van der Waals surface area contributed by atoms with Crippen LogP contribution < -0.4 is 15.4 Å². The lowest BCUT2D eigenvalue weighted by molar-refractivity contribution is -0.159. The van der Waals surface area contributed by atoms with Crippen LogP contribution in [-0.2, 0) is 19.1 Å². The summed E-state index contributed by atoms with van der Waals surface area (Å²) in [6.07, 6.45) is -2.51. The van der Waals surface area contributed by atoms with Crippen LogP contribution in [0, 0.1) is 0 Å². The maximum atomic E-state index is 12.1. The molecule has 1 fully saturated rings. The van der Waals surface area contributed by atoms with Crippen molar-refractivity contribution < 1.29 is 28.7 Å². The van der Waals surface area contributed by atoms with E-state index in [0.717, 1.165) is 4.90 Å². The Morgan fingerprint density at radius 2 is 2.12 bits per heavy atom. The van der Waals surface area contributed by atoms with E-state index in [4.69, 9.17) is 9.47 Å². The molecule has 25 heavy (non-hydrogen) atoms. The molecule has 0 saturated carbocycles. The van der Waals surface area contributed by atoms with Gasteiger partial charge in [0.15, 0.2) is 12.2 Å². The van der Waals surface area contributed by atoms with Crippen LogP contribution in [0.1, 0.15) is 13.3 Å². The van der Waals surface area contributed by atoms with E-state index >= 15 is 0 Å². The minimum Gasteiger partial charge on any atom is -0.478 e. The van der Waals surface area contributed by atoms with Crippen molar-refractivity contribution in [2.45, 2.75) is 25.6 Å². The van der Waals surface area contributed by atoms with Crippen LogP contribution in [0.3, 0.4) is 0 Å². The Kier molecular flexibility index (Phi) is 4.55. The van der Waals surface area contributed by atoms with Gasteiger partial charge < -0.3 is 20.1 Å². The molecule has 4 amide bonds. The lowest BCUT2D eigenvalue weighted by Crippen LogP contribution is -2.43. The number of urea groups is 1. The van der Waals surface area contributed by atoms with Gasteiger partial charge >= 0.3 is 12.0 Å². The smallest absolute Gasteiger partial charge is 0.324 e. The van der Waals surface area contributed by atoms with Crippen LogP contribution >= 0.6 is 0 Å². The van der Waals surface area contributed by atoms with Crippen molar-refractivity contribution in [2.24, 2.45) is 0 Å². The largest absolute Gasteiger partial charge is 0.478 e. The molecule has 0 aliphatic carbocycles. The Bertz CT molecular complexity index is 734. The number of rotatable bonds is 4. The molecule has 2 aliphatic rings. The molecule has 0 spiro atoms. The number of carbonyl (C=O) groups is 4. The number of esters is 1. The molecule has 2 aliphatic heterocycles. The summed E-state index contributed by atoms with van der Waals surface area (Å²) < 4.78 is 10.5. The summed E-state index contributed by atoms with van der Waals surface area (Å²) in [6.45, 7) is 1.97. The standard InChI is InChI=1S/C16H17N3O6/c1-9(15(22)19-7-6-17-16(19)23)24-13(20)8-12-14(21)18-10-4-2-3-5-11(10)25-12/h2-5,9,12H,6-8H2,1H3,(H,17,23)(H,18,21)/t9-,12-/m1/s1. The number of nitrogens with one attached hydrogen (secondary N) is 2. The predicted octanol–water partition coefficient (Wildman–Crippen LogP) is 0.260. The molecular formula is C16H17N3O6. The number of carbonyl (C=O) groups excluding carboxylic acids is 4. The molecule has 9 nitrogen and oxygen atoms in total. The number of ether oxygens (including phenoxy) is 2. The highest BCUT2D eigenvalue weighted by molar-refractivity contribution is 6.00. The van der Waals surface area contributed by atoms with E-state index in [1.165, 1.54) is 6.92 Å². The first-order valence-electron chi connectivity index (χ1n) is 7.81. The van der Waals surface area contributed by atoms with Crippen molar-refractivity contribution in [3.63, 3.8) is 0 Å². The average Bonchev–Trinajstić information content (AvgIpc) is 3.00. The Hall–Kier alpha value is -3.10. The van der Waals surface area contributed by atoms with E-state index in [-0.39, 0.29) is 13.0 Å². The highest BCUT2D eigenvalue weighted by Crippen LogP contribution is 2.29. The first kappa shape index (κ1) is 16.7. The lowest BCUT2D eigenvalue weighted by atomic mass is 10.1. The van der Waals surface area contributed by atoms with Gasteiger partial charge in [0.2, 0.25) is 0 Å². The van der Waals surface area contributed by atoms with Gasteiger partial charge in [-0.2, -0.15) is 0 Å². The molecule has 0 bridgehead atoms. The van der Waals surface area contributed by atoms with E-state index in [0.29, 0.717) is 18.0 Å². The van der Waals surface area contributed by atoms with E-state index in [9.17, 15) is 19.2 Å². The van der Waals surface area contributed by atoms with Crippen molar-refractivity contribution in [1.82, 2.24) is 10.2 Å². The summed E-state index contributed by atoms with van der Waals surface area (Å²) in [5, 5.41) is 5.13. The van der Waals surface area contributed by atoms with E-state index in [1.54, 1.807) is 24.3 Å². The van der Waals surface area contributed by atoms with Gasteiger partial charge in [0.1, 0.15) is 5.75 Å². The van der Waals surface area contributed by atoms with Gasteiger partial charge in [0.25, 0.3) is 11.8 Å². The topological polar surface area (TPSA) is 114 Å². The zero-order valence-electron chi connectivity index (χ0n) is 13.5. The molecule has 1 saturated heterocycles. The molecular weight excluding hydrogens is 330 g/mol.